The van der Waals surface area contributed by atoms with Gasteiger partial charge in [0.05, 0.1) is 5.69 Å². The molecule has 7 nitrogen and oxygen atoms in total. The van der Waals surface area contributed by atoms with Crippen molar-refractivity contribution in [1.29, 1.82) is 0 Å². The Balaban J connectivity index is 1.71. The zero-order valence-corrected chi connectivity index (χ0v) is 17.8. The third-order valence-corrected chi connectivity index (χ3v) is 6.08. The molecule has 0 saturated carbocycles. The molecule has 3 aromatic carbocycles. The molecule has 0 spiro atoms. The second kappa shape index (κ2) is 9.59. The average molecular weight is 444 g/mol. The summed E-state index contributed by atoms with van der Waals surface area (Å²) in [7, 11) is -1.26. The number of hydrogen-bond acceptors (Lipinski definition) is 4. The lowest BCUT2D eigenvalue weighted by Crippen LogP contribution is -2.44. The molecule has 162 valence electrons. The van der Waals surface area contributed by atoms with Gasteiger partial charge in [0.25, 0.3) is 0 Å². The van der Waals surface area contributed by atoms with E-state index in [0.29, 0.717) is 17.2 Å². The average Bonchev–Trinajstić information content (AvgIpc) is 2.75. The summed E-state index contributed by atoms with van der Waals surface area (Å²) >= 11 is 0. The molecule has 3 aromatic rings. The van der Waals surface area contributed by atoms with E-state index in [0.717, 1.165) is 20.7 Å². The highest BCUT2D eigenvalue weighted by atomic mass is 32.2. The number of nitrogens with one attached hydrogen (secondary N) is 1. The van der Waals surface area contributed by atoms with Crippen molar-refractivity contribution in [2.24, 2.45) is 0 Å². The number of benzene rings is 3. The first-order valence-electron chi connectivity index (χ1n) is 9.34. The number of para-hydroxylation sites is 1. The molecule has 0 aliphatic rings. The van der Waals surface area contributed by atoms with E-state index in [1.807, 2.05) is 30.3 Å². The standard InChI is InChI=1S/C22H22FN3O4S/c1-25(2)31(28,29)26(19-12-8-17(23)9-13-19)16-22(27)24-18-10-14-21(15-11-18)30-20-6-4-3-5-7-20/h3-15H,16H2,1-2H3,(H,24,27). The molecule has 1 amide bonds. The Bertz CT molecular complexity index is 1120. The van der Waals surface area contributed by atoms with Crippen LogP contribution >= 0.6 is 0 Å². The lowest BCUT2D eigenvalue weighted by Gasteiger charge is -2.26. The summed E-state index contributed by atoms with van der Waals surface area (Å²) in [6, 6.07) is 20.8. The largest absolute Gasteiger partial charge is 0.457 e. The number of carbonyl (C=O) groups excluding carboxylic acids is 1. The molecule has 0 fully saturated rings. The number of amides is 1. The number of carbonyl (C=O) groups is 1. The van der Waals surface area contributed by atoms with Crippen LogP contribution < -0.4 is 14.4 Å². The Morgan fingerprint density at radius 3 is 2.06 bits per heavy atom. The van der Waals surface area contributed by atoms with Gasteiger partial charge in [-0.15, -0.1) is 0 Å². The van der Waals surface area contributed by atoms with E-state index in [1.54, 1.807) is 24.3 Å². The Labute approximate surface area is 180 Å². The Kier molecular flexibility index (Phi) is 6.88. The molecule has 0 aliphatic carbocycles. The Hall–Kier alpha value is -3.43. The summed E-state index contributed by atoms with van der Waals surface area (Å²) in [5.74, 6) is 0.218. The maximum atomic E-state index is 13.3. The first kappa shape index (κ1) is 22.3. The van der Waals surface area contributed by atoms with Gasteiger partial charge >= 0.3 is 10.2 Å². The summed E-state index contributed by atoms with van der Waals surface area (Å²) < 4.78 is 46.2. The smallest absolute Gasteiger partial charge is 0.304 e. The van der Waals surface area contributed by atoms with Gasteiger partial charge in [0.1, 0.15) is 23.9 Å². The van der Waals surface area contributed by atoms with Crippen LogP contribution in [0.5, 0.6) is 11.5 Å². The number of nitrogens with zero attached hydrogens (tertiary/aromatic N) is 2. The Morgan fingerprint density at radius 1 is 0.903 bits per heavy atom. The van der Waals surface area contributed by atoms with Crippen LogP contribution in [0.15, 0.2) is 78.9 Å². The summed E-state index contributed by atoms with van der Waals surface area (Å²) in [6.45, 7) is -0.478. The lowest BCUT2D eigenvalue weighted by molar-refractivity contribution is -0.114. The van der Waals surface area contributed by atoms with Gasteiger partial charge in [0.15, 0.2) is 0 Å². The van der Waals surface area contributed by atoms with Crippen LogP contribution in [0.3, 0.4) is 0 Å². The van der Waals surface area contributed by atoms with Gasteiger partial charge in [-0.05, 0) is 60.7 Å². The van der Waals surface area contributed by atoms with Crippen LogP contribution in [-0.2, 0) is 15.0 Å². The maximum absolute atomic E-state index is 13.3. The predicted octanol–water partition coefficient (Wildman–Crippen LogP) is 3.87. The maximum Gasteiger partial charge on any atom is 0.304 e. The van der Waals surface area contributed by atoms with Gasteiger partial charge in [-0.2, -0.15) is 12.7 Å². The Morgan fingerprint density at radius 2 is 1.48 bits per heavy atom. The quantitative estimate of drug-likeness (QED) is 0.573. The lowest BCUT2D eigenvalue weighted by atomic mass is 10.3. The predicted molar refractivity (Wildman–Crippen MR) is 118 cm³/mol. The van der Waals surface area contributed by atoms with Crippen molar-refractivity contribution in [3.8, 4) is 11.5 Å². The van der Waals surface area contributed by atoms with Crippen molar-refractivity contribution in [2.75, 3.05) is 30.3 Å². The third-order valence-electron chi connectivity index (χ3n) is 4.26. The molecule has 0 unspecified atom stereocenters. The monoisotopic (exact) mass is 443 g/mol. The molecule has 0 atom stereocenters. The van der Waals surface area contributed by atoms with Crippen LogP contribution in [0.4, 0.5) is 15.8 Å². The minimum atomic E-state index is -3.97. The van der Waals surface area contributed by atoms with Crippen LogP contribution in [0.1, 0.15) is 0 Å². The first-order chi connectivity index (χ1) is 14.8. The number of hydrogen-bond donors (Lipinski definition) is 1. The van der Waals surface area contributed by atoms with Gasteiger partial charge in [-0.1, -0.05) is 18.2 Å². The number of halogens is 1. The highest BCUT2D eigenvalue weighted by Crippen LogP contribution is 2.23. The summed E-state index contributed by atoms with van der Waals surface area (Å²) in [6.07, 6.45) is 0. The van der Waals surface area contributed by atoms with Crippen molar-refractivity contribution >= 4 is 27.5 Å². The zero-order valence-electron chi connectivity index (χ0n) is 17.0. The molecule has 0 aliphatic heterocycles. The molecule has 31 heavy (non-hydrogen) atoms. The molecule has 9 heteroatoms. The highest BCUT2D eigenvalue weighted by Gasteiger charge is 2.27. The summed E-state index contributed by atoms with van der Waals surface area (Å²) in [4.78, 5) is 12.6. The number of rotatable bonds is 8. The second-order valence-electron chi connectivity index (χ2n) is 6.76. The highest BCUT2D eigenvalue weighted by molar-refractivity contribution is 7.90. The van der Waals surface area contributed by atoms with Crippen molar-refractivity contribution < 1.29 is 22.3 Å². The van der Waals surface area contributed by atoms with Crippen molar-refractivity contribution in [1.82, 2.24) is 4.31 Å². The fourth-order valence-corrected chi connectivity index (χ4v) is 3.74. The van der Waals surface area contributed by atoms with Crippen LogP contribution in [0, 0.1) is 5.82 Å². The SMILES string of the molecule is CN(C)S(=O)(=O)N(CC(=O)Nc1ccc(Oc2ccccc2)cc1)c1ccc(F)cc1. The van der Waals surface area contributed by atoms with E-state index in [9.17, 15) is 17.6 Å². The zero-order chi connectivity index (χ0) is 22.4. The molecular weight excluding hydrogens is 421 g/mol. The molecule has 3 rings (SSSR count). The fraction of sp³-hybridized carbons (Fsp3) is 0.136. The summed E-state index contributed by atoms with van der Waals surface area (Å²) in [5, 5.41) is 2.66. The van der Waals surface area contributed by atoms with Gasteiger partial charge in [0.2, 0.25) is 5.91 Å². The van der Waals surface area contributed by atoms with Crippen molar-refractivity contribution in [3.63, 3.8) is 0 Å². The molecule has 0 bridgehead atoms. The van der Waals surface area contributed by atoms with Crippen LogP contribution in [-0.4, -0.2) is 39.3 Å². The molecule has 0 radical (unpaired) electrons. The molecule has 0 saturated heterocycles. The molecule has 0 aromatic heterocycles. The van der Waals surface area contributed by atoms with E-state index in [4.69, 9.17) is 4.74 Å². The minimum absolute atomic E-state index is 0.178. The van der Waals surface area contributed by atoms with Crippen LogP contribution in [0.2, 0.25) is 0 Å². The number of anilines is 2. The van der Waals surface area contributed by atoms with Gasteiger partial charge < -0.3 is 10.1 Å². The van der Waals surface area contributed by atoms with Gasteiger partial charge in [-0.3, -0.25) is 4.79 Å². The normalized spacial score (nSPS) is 11.2. The van der Waals surface area contributed by atoms with Crippen molar-refractivity contribution in [3.05, 3.63) is 84.7 Å². The molecule has 1 N–H and O–H groups in total. The second-order valence-corrected chi connectivity index (χ2v) is 8.83. The van der Waals surface area contributed by atoms with Crippen LogP contribution in [0.25, 0.3) is 0 Å². The van der Waals surface area contributed by atoms with E-state index < -0.39 is 28.5 Å². The molecule has 0 heterocycles. The fourth-order valence-electron chi connectivity index (χ4n) is 2.67. The van der Waals surface area contributed by atoms with E-state index in [2.05, 4.69) is 5.32 Å². The van der Waals surface area contributed by atoms with Gasteiger partial charge in [-0.25, -0.2) is 8.70 Å². The van der Waals surface area contributed by atoms with Gasteiger partial charge in [0, 0.05) is 19.8 Å². The van der Waals surface area contributed by atoms with E-state index in [-0.39, 0.29) is 5.69 Å². The molecular formula is C22H22FN3O4S. The van der Waals surface area contributed by atoms with E-state index in [1.165, 1.54) is 26.2 Å². The summed E-state index contributed by atoms with van der Waals surface area (Å²) in [5.41, 5.74) is 0.656. The first-order valence-corrected chi connectivity index (χ1v) is 10.7. The minimum Gasteiger partial charge on any atom is -0.457 e. The third kappa shape index (κ3) is 5.80. The number of ether oxygens (including phenoxy) is 1. The topological polar surface area (TPSA) is 79.0 Å². The van der Waals surface area contributed by atoms with E-state index >= 15 is 0 Å². The van der Waals surface area contributed by atoms with Crippen molar-refractivity contribution in [2.45, 2.75) is 0 Å².